The summed E-state index contributed by atoms with van der Waals surface area (Å²) in [6.45, 7) is 2.10. The quantitative estimate of drug-likeness (QED) is 0.272. The van der Waals surface area contributed by atoms with Crippen molar-refractivity contribution in [3.05, 3.63) is 102 Å². The number of carbonyl (C=O) groups excluding carboxylic acids is 1. The molecule has 1 spiro atoms. The van der Waals surface area contributed by atoms with Crippen molar-refractivity contribution in [2.75, 3.05) is 6.61 Å². The Balaban J connectivity index is 1.21. The van der Waals surface area contributed by atoms with Crippen molar-refractivity contribution < 1.29 is 27.4 Å². The van der Waals surface area contributed by atoms with E-state index < -0.39 is 21.5 Å². The minimum atomic E-state index is -3.28. The monoisotopic (exact) mass is 560 g/mol. The number of ether oxygens (including phenoxy) is 3. The molecule has 2 saturated carbocycles. The Bertz CT molecular complexity index is 1370. The molecule has 0 aromatic heterocycles. The van der Waals surface area contributed by atoms with Gasteiger partial charge in [0.15, 0.2) is 15.6 Å². The number of esters is 1. The van der Waals surface area contributed by atoms with Gasteiger partial charge in [-0.3, -0.25) is 4.79 Å². The smallest absolute Gasteiger partial charge is 0.313 e. The van der Waals surface area contributed by atoms with Crippen LogP contribution in [-0.2, 0) is 28.8 Å². The van der Waals surface area contributed by atoms with E-state index in [2.05, 4.69) is 24.3 Å². The molecule has 0 amide bonds. The second-order valence-electron chi connectivity index (χ2n) is 11.3. The molecule has 210 valence electrons. The summed E-state index contributed by atoms with van der Waals surface area (Å²) in [4.78, 5) is 13.4. The van der Waals surface area contributed by atoms with Crippen LogP contribution in [0.2, 0.25) is 0 Å². The number of hydrogen-bond donors (Lipinski definition) is 0. The lowest BCUT2D eigenvalue weighted by atomic mass is 9.87. The molecule has 3 fully saturated rings. The minimum absolute atomic E-state index is 0.190. The highest BCUT2D eigenvalue weighted by atomic mass is 32.2. The third-order valence-corrected chi connectivity index (χ3v) is 10.7. The number of rotatable bonds is 9. The van der Waals surface area contributed by atoms with Crippen LogP contribution in [0, 0.1) is 5.92 Å². The van der Waals surface area contributed by atoms with Crippen molar-refractivity contribution in [3.8, 4) is 0 Å². The minimum Gasteiger partial charge on any atom is -0.466 e. The van der Waals surface area contributed by atoms with Gasteiger partial charge in [0.2, 0.25) is 0 Å². The summed E-state index contributed by atoms with van der Waals surface area (Å²) in [5.41, 5.74) is 2.95. The van der Waals surface area contributed by atoms with Gasteiger partial charge in [-0.2, -0.15) is 0 Å². The lowest BCUT2D eigenvalue weighted by Crippen LogP contribution is -2.27. The van der Waals surface area contributed by atoms with Crippen LogP contribution < -0.4 is 0 Å². The largest absolute Gasteiger partial charge is 0.466 e. The fraction of sp³-hybridized carbons (Fsp3) is 0.424. The highest BCUT2D eigenvalue weighted by Crippen LogP contribution is 2.55. The Morgan fingerprint density at radius 2 is 1.45 bits per heavy atom. The SMILES string of the molecule is CCOC(=O)C(CC1CCC2(C1)OC(c1ccccc1)[C@@H](c1ccccc1)O2)c1ccc(S(=O)(=O)C2CC2)cc1. The van der Waals surface area contributed by atoms with Gasteiger partial charge < -0.3 is 14.2 Å². The molecule has 0 N–H and O–H groups in total. The van der Waals surface area contributed by atoms with Gasteiger partial charge in [0.25, 0.3) is 0 Å². The van der Waals surface area contributed by atoms with E-state index in [4.69, 9.17) is 14.2 Å². The van der Waals surface area contributed by atoms with E-state index in [0.717, 1.165) is 42.4 Å². The predicted octanol–water partition coefficient (Wildman–Crippen LogP) is 6.69. The van der Waals surface area contributed by atoms with Crippen LogP contribution >= 0.6 is 0 Å². The molecule has 5 atom stereocenters. The van der Waals surface area contributed by atoms with Gasteiger partial charge in [-0.1, -0.05) is 72.8 Å². The van der Waals surface area contributed by atoms with Crippen LogP contribution in [0.1, 0.15) is 80.3 Å². The third kappa shape index (κ3) is 5.47. The Labute approximate surface area is 236 Å². The fourth-order valence-electron chi connectivity index (χ4n) is 6.27. The predicted molar refractivity (Wildman–Crippen MR) is 151 cm³/mol. The van der Waals surface area contributed by atoms with Crippen LogP contribution in [0.5, 0.6) is 0 Å². The van der Waals surface area contributed by atoms with Gasteiger partial charge in [0, 0.05) is 12.8 Å². The summed E-state index contributed by atoms with van der Waals surface area (Å²) in [5, 5.41) is -0.264. The van der Waals surface area contributed by atoms with Gasteiger partial charge in [0.05, 0.1) is 22.7 Å². The molecule has 4 unspecified atom stereocenters. The first-order chi connectivity index (χ1) is 19.4. The van der Waals surface area contributed by atoms with Crippen LogP contribution in [0.25, 0.3) is 0 Å². The average molecular weight is 561 g/mol. The summed E-state index contributed by atoms with van der Waals surface area (Å²) in [6, 6.07) is 27.3. The van der Waals surface area contributed by atoms with E-state index in [0.29, 0.717) is 24.3 Å². The topological polar surface area (TPSA) is 78.9 Å². The molecule has 1 heterocycles. The molecule has 2 aliphatic carbocycles. The first-order valence-electron chi connectivity index (χ1n) is 14.3. The highest BCUT2D eigenvalue weighted by molar-refractivity contribution is 7.92. The van der Waals surface area contributed by atoms with E-state index in [1.807, 2.05) is 36.4 Å². The molecule has 3 aromatic rings. The van der Waals surface area contributed by atoms with Crippen LogP contribution in [0.4, 0.5) is 0 Å². The van der Waals surface area contributed by atoms with Gasteiger partial charge in [-0.05, 0) is 67.3 Å². The van der Waals surface area contributed by atoms with Crippen molar-refractivity contribution >= 4 is 15.8 Å². The summed E-state index contributed by atoms with van der Waals surface area (Å²) in [6.07, 6.45) is 3.90. The normalized spacial score (nSPS) is 27.1. The lowest BCUT2D eigenvalue weighted by molar-refractivity contribution is -0.173. The van der Waals surface area contributed by atoms with Crippen molar-refractivity contribution in [1.29, 1.82) is 0 Å². The first kappa shape index (κ1) is 27.2. The van der Waals surface area contributed by atoms with Gasteiger partial charge >= 0.3 is 5.97 Å². The summed E-state index contributed by atoms with van der Waals surface area (Å²) < 4.78 is 44.3. The first-order valence-corrected chi connectivity index (χ1v) is 15.9. The number of hydrogen-bond acceptors (Lipinski definition) is 6. The van der Waals surface area contributed by atoms with Crippen LogP contribution in [0.15, 0.2) is 89.8 Å². The van der Waals surface area contributed by atoms with E-state index in [1.165, 1.54) is 0 Å². The summed E-state index contributed by atoms with van der Waals surface area (Å²) in [7, 11) is -3.28. The maximum absolute atomic E-state index is 13.1. The average Bonchev–Trinajstić information content (AvgIpc) is 3.69. The van der Waals surface area contributed by atoms with Crippen molar-refractivity contribution in [2.24, 2.45) is 5.92 Å². The Morgan fingerprint density at radius 1 is 0.875 bits per heavy atom. The van der Waals surface area contributed by atoms with Gasteiger partial charge in [-0.25, -0.2) is 8.42 Å². The molecule has 1 saturated heterocycles. The van der Waals surface area contributed by atoms with Crippen molar-refractivity contribution in [2.45, 2.75) is 79.5 Å². The molecule has 3 aromatic carbocycles. The molecule has 0 bridgehead atoms. The Kier molecular flexibility index (Phi) is 7.55. The third-order valence-electron chi connectivity index (χ3n) is 8.46. The Hall–Kier alpha value is -3.00. The summed E-state index contributed by atoms with van der Waals surface area (Å²) >= 11 is 0. The maximum Gasteiger partial charge on any atom is 0.313 e. The zero-order valence-corrected chi connectivity index (χ0v) is 23.6. The molecule has 6 rings (SSSR count). The second-order valence-corrected chi connectivity index (χ2v) is 13.5. The number of benzene rings is 3. The van der Waals surface area contributed by atoms with Crippen molar-refractivity contribution in [1.82, 2.24) is 0 Å². The number of carbonyl (C=O) groups is 1. The van der Waals surface area contributed by atoms with E-state index in [-0.39, 0.29) is 29.3 Å². The molecule has 7 heteroatoms. The molecule has 1 aliphatic heterocycles. The van der Waals surface area contributed by atoms with Crippen LogP contribution in [-0.4, -0.2) is 32.0 Å². The molecule has 0 radical (unpaired) electrons. The standard InChI is InChI=1S/C33H36O6S/c1-2-37-32(34)29(24-13-15-27(16-14-24)40(35,36)28-17-18-28)21-23-19-20-33(22-23)38-30(25-9-5-3-6-10-25)31(39-33)26-11-7-4-8-12-26/h3-16,23,28-31H,2,17-22H2,1H3/t23?,29?,30-,31?,33?/m1/s1. The van der Waals surface area contributed by atoms with Gasteiger partial charge in [-0.15, -0.1) is 0 Å². The van der Waals surface area contributed by atoms with Gasteiger partial charge in [0.1, 0.15) is 12.2 Å². The molecule has 40 heavy (non-hydrogen) atoms. The molecular formula is C33H36O6S. The Morgan fingerprint density at radius 3 is 1.98 bits per heavy atom. The van der Waals surface area contributed by atoms with Crippen LogP contribution in [0.3, 0.4) is 0 Å². The maximum atomic E-state index is 13.1. The highest BCUT2D eigenvalue weighted by Gasteiger charge is 2.53. The number of sulfone groups is 1. The molecule has 3 aliphatic rings. The summed E-state index contributed by atoms with van der Waals surface area (Å²) in [5.74, 6) is -1.28. The second kappa shape index (κ2) is 11.1. The molecular weight excluding hydrogens is 524 g/mol. The lowest BCUT2D eigenvalue weighted by Gasteiger charge is -2.24. The van der Waals surface area contributed by atoms with Crippen molar-refractivity contribution in [3.63, 3.8) is 0 Å². The zero-order chi connectivity index (χ0) is 27.7. The van der Waals surface area contributed by atoms with E-state index in [1.54, 1.807) is 31.2 Å². The fourth-order valence-corrected chi connectivity index (χ4v) is 7.93. The van der Waals surface area contributed by atoms with E-state index in [9.17, 15) is 13.2 Å². The molecule has 6 nitrogen and oxygen atoms in total. The van der Waals surface area contributed by atoms with E-state index >= 15 is 0 Å². The zero-order valence-electron chi connectivity index (χ0n) is 22.8.